The van der Waals surface area contributed by atoms with Crippen molar-refractivity contribution in [3.8, 4) is 0 Å². The van der Waals surface area contributed by atoms with Crippen LogP contribution >= 0.6 is 0 Å². The Morgan fingerprint density at radius 1 is 1.77 bits per heavy atom. The molecule has 1 rings (SSSR count). The SMILES string of the molecule is CC[C@@H](N)C(=O)NCc1cc[nH]c1. The zero-order valence-corrected chi connectivity index (χ0v) is 7.71. The van der Waals surface area contributed by atoms with Gasteiger partial charge in [-0.15, -0.1) is 0 Å². The van der Waals surface area contributed by atoms with Gasteiger partial charge in [-0.1, -0.05) is 6.92 Å². The Bertz CT molecular complexity index is 256. The molecular formula is C9H15N3O. The van der Waals surface area contributed by atoms with E-state index in [0.717, 1.165) is 5.56 Å². The summed E-state index contributed by atoms with van der Waals surface area (Å²) in [6, 6.07) is 1.52. The molecule has 4 N–H and O–H groups in total. The first-order valence-electron chi connectivity index (χ1n) is 4.39. The van der Waals surface area contributed by atoms with Crippen LogP contribution in [-0.4, -0.2) is 16.9 Å². The number of aromatic amines is 1. The molecule has 0 bridgehead atoms. The molecule has 0 fully saturated rings. The Morgan fingerprint density at radius 2 is 2.54 bits per heavy atom. The van der Waals surface area contributed by atoms with Crippen LogP contribution in [-0.2, 0) is 11.3 Å². The predicted octanol–water partition coefficient (Wildman–Crippen LogP) is 0.368. The molecule has 0 radical (unpaired) electrons. The van der Waals surface area contributed by atoms with Gasteiger partial charge in [-0.3, -0.25) is 4.79 Å². The van der Waals surface area contributed by atoms with E-state index in [1.807, 2.05) is 25.4 Å². The molecule has 0 aliphatic rings. The standard InChI is InChI=1S/C9H15N3O/c1-2-8(10)9(13)12-6-7-3-4-11-5-7/h3-5,8,11H,2,6,10H2,1H3,(H,12,13)/t8-/m1/s1. The van der Waals surface area contributed by atoms with Crippen molar-refractivity contribution in [3.05, 3.63) is 24.0 Å². The van der Waals surface area contributed by atoms with Gasteiger partial charge in [0.2, 0.25) is 5.91 Å². The number of rotatable bonds is 4. The summed E-state index contributed by atoms with van der Waals surface area (Å²) in [6.07, 6.45) is 4.33. The number of amides is 1. The molecule has 0 spiro atoms. The van der Waals surface area contributed by atoms with E-state index in [1.165, 1.54) is 0 Å². The van der Waals surface area contributed by atoms with E-state index in [1.54, 1.807) is 0 Å². The van der Waals surface area contributed by atoms with E-state index in [0.29, 0.717) is 13.0 Å². The Hall–Kier alpha value is -1.29. The smallest absolute Gasteiger partial charge is 0.237 e. The number of hydrogen-bond acceptors (Lipinski definition) is 2. The lowest BCUT2D eigenvalue weighted by Crippen LogP contribution is -2.39. The molecule has 72 valence electrons. The molecule has 1 atom stereocenters. The van der Waals surface area contributed by atoms with Gasteiger partial charge in [-0.05, 0) is 18.1 Å². The molecule has 1 heterocycles. The lowest BCUT2D eigenvalue weighted by molar-refractivity contribution is -0.122. The summed E-state index contributed by atoms with van der Waals surface area (Å²) < 4.78 is 0. The van der Waals surface area contributed by atoms with Crippen LogP contribution in [0.1, 0.15) is 18.9 Å². The molecule has 0 aliphatic carbocycles. The number of carbonyl (C=O) groups excluding carboxylic acids is 1. The van der Waals surface area contributed by atoms with Crippen molar-refractivity contribution in [1.29, 1.82) is 0 Å². The maximum Gasteiger partial charge on any atom is 0.237 e. The molecule has 0 aromatic carbocycles. The topological polar surface area (TPSA) is 70.9 Å². The second-order valence-corrected chi connectivity index (χ2v) is 2.95. The summed E-state index contributed by atoms with van der Waals surface area (Å²) >= 11 is 0. The fraction of sp³-hybridized carbons (Fsp3) is 0.444. The molecule has 4 nitrogen and oxygen atoms in total. The normalized spacial score (nSPS) is 12.5. The molecule has 0 aliphatic heterocycles. The van der Waals surface area contributed by atoms with Gasteiger partial charge < -0.3 is 16.0 Å². The van der Waals surface area contributed by atoms with Crippen LogP contribution in [0.25, 0.3) is 0 Å². The number of nitrogens with one attached hydrogen (secondary N) is 2. The van der Waals surface area contributed by atoms with Gasteiger partial charge in [0, 0.05) is 18.9 Å². The summed E-state index contributed by atoms with van der Waals surface area (Å²) in [4.78, 5) is 14.1. The van der Waals surface area contributed by atoms with E-state index in [-0.39, 0.29) is 11.9 Å². The highest BCUT2D eigenvalue weighted by molar-refractivity contribution is 5.81. The van der Waals surface area contributed by atoms with E-state index in [9.17, 15) is 4.79 Å². The van der Waals surface area contributed by atoms with Crippen LogP contribution in [0.3, 0.4) is 0 Å². The fourth-order valence-corrected chi connectivity index (χ4v) is 0.974. The zero-order valence-electron chi connectivity index (χ0n) is 7.71. The van der Waals surface area contributed by atoms with E-state index in [4.69, 9.17) is 5.73 Å². The number of carbonyl (C=O) groups is 1. The Labute approximate surface area is 77.5 Å². The van der Waals surface area contributed by atoms with E-state index < -0.39 is 0 Å². The van der Waals surface area contributed by atoms with Crippen molar-refractivity contribution in [2.75, 3.05) is 0 Å². The molecular weight excluding hydrogens is 166 g/mol. The van der Waals surface area contributed by atoms with Gasteiger partial charge in [-0.2, -0.15) is 0 Å². The largest absolute Gasteiger partial charge is 0.367 e. The molecule has 0 saturated heterocycles. The Kier molecular flexibility index (Phi) is 3.52. The molecule has 4 heteroatoms. The van der Waals surface area contributed by atoms with Gasteiger partial charge in [0.25, 0.3) is 0 Å². The highest BCUT2D eigenvalue weighted by Gasteiger charge is 2.09. The maximum absolute atomic E-state index is 11.2. The Balaban J connectivity index is 2.31. The summed E-state index contributed by atoms with van der Waals surface area (Å²) in [5.74, 6) is -0.0938. The minimum absolute atomic E-state index is 0.0938. The van der Waals surface area contributed by atoms with Crippen molar-refractivity contribution >= 4 is 5.91 Å². The third-order valence-corrected chi connectivity index (χ3v) is 1.91. The number of nitrogens with two attached hydrogens (primary N) is 1. The average molecular weight is 181 g/mol. The van der Waals surface area contributed by atoms with Crippen LogP contribution in [0.2, 0.25) is 0 Å². The predicted molar refractivity (Wildman–Crippen MR) is 50.9 cm³/mol. The summed E-state index contributed by atoms with van der Waals surface area (Å²) in [5, 5.41) is 2.75. The first-order chi connectivity index (χ1) is 6.24. The quantitative estimate of drug-likeness (QED) is 0.628. The number of hydrogen-bond donors (Lipinski definition) is 3. The van der Waals surface area contributed by atoms with Gasteiger partial charge in [-0.25, -0.2) is 0 Å². The first-order valence-corrected chi connectivity index (χ1v) is 4.39. The summed E-state index contributed by atoms with van der Waals surface area (Å²) in [7, 11) is 0. The van der Waals surface area contributed by atoms with Crippen molar-refractivity contribution in [2.45, 2.75) is 25.9 Å². The van der Waals surface area contributed by atoms with Crippen molar-refractivity contribution in [2.24, 2.45) is 5.73 Å². The number of H-pyrrole nitrogens is 1. The minimum atomic E-state index is -0.390. The minimum Gasteiger partial charge on any atom is -0.367 e. The van der Waals surface area contributed by atoms with E-state index >= 15 is 0 Å². The summed E-state index contributed by atoms with van der Waals surface area (Å²) in [5.41, 5.74) is 6.59. The fourth-order valence-electron chi connectivity index (χ4n) is 0.974. The van der Waals surface area contributed by atoms with Crippen molar-refractivity contribution < 1.29 is 4.79 Å². The van der Waals surface area contributed by atoms with Crippen molar-refractivity contribution in [1.82, 2.24) is 10.3 Å². The lowest BCUT2D eigenvalue weighted by atomic mass is 10.2. The monoisotopic (exact) mass is 181 g/mol. The second kappa shape index (κ2) is 4.67. The van der Waals surface area contributed by atoms with Gasteiger partial charge >= 0.3 is 0 Å². The van der Waals surface area contributed by atoms with Gasteiger partial charge in [0.1, 0.15) is 0 Å². The van der Waals surface area contributed by atoms with Gasteiger partial charge in [0.05, 0.1) is 6.04 Å². The third kappa shape index (κ3) is 2.91. The highest BCUT2D eigenvalue weighted by atomic mass is 16.2. The molecule has 1 amide bonds. The van der Waals surface area contributed by atoms with Gasteiger partial charge in [0.15, 0.2) is 0 Å². The Morgan fingerprint density at radius 3 is 3.08 bits per heavy atom. The third-order valence-electron chi connectivity index (χ3n) is 1.91. The van der Waals surface area contributed by atoms with Crippen LogP contribution in [0, 0.1) is 0 Å². The molecule has 1 aromatic heterocycles. The van der Waals surface area contributed by atoms with Crippen LogP contribution < -0.4 is 11.1 Å². The zero-order chi connectivity index (χ0) is 9.68. The van der Waals surface area contributed by atoms with Crippen LogP contribution in [0.4, 0.5) is 0 Å². The van der Waals surface area contributed by atoms with Crippen LogP contribution in [0.15, 0.2) is 18.5 Å². The molecule has 1 aromatic rings. The van der Waals surface area contributed by atoms with Crippen LogP contribution in [0.5, 0.6) is 0 Å². The summed E-state index contributed by atoms with van der Waals surface area (Å²) in [6.45, 7) is 2.43. The molecule has 0 saturated carbocycles. The molecule has 0 unspecified atom stereocenters. The average Bonchev–Trinajstić information content (AvgIpc) is 2.65. The molecule has 13 heavy (non-hydrogen) atoms. The number of aromatic nitrogens is 1. The van der Waals surface area contributed by atoms with Crippen molar-refractivity contribution in [3.63, 3.8) is 0 Å². The lowest BCUT2D eigenvalue weighted by Gasteiger charge is -2.08. The first kappa shape index (κ1) is 9.80. The highest BCUT2D eigenvalue weighted by Crippen LogP contribution is 1.95. The maximum atomic E-state index is 11.2. The second-order valence-electron chi connectivity index (χ2n) is 2.95. The van der Waals surface area contributed by atoms with E-state index in [2.05, 4.69) is 10.3 Å².